The Balaban J connectivity index is 1.59. The van der Waals surface area contributed by atoms with Gasteiger partial charge < -0.3 is 0 Å². The molecule has 5 heteroatoms. The molecule has 0 atom stereocenters. The third-order valence-corrected chi connectivity index (χ3v) is 3.22. The standard InChI is InChI=1S/C15H18N5/c1-18-9-10-19(13-18)8-7-15-12-20(17-16-15)11-14-5-3-2-4-6-14/h2-6,9-10,12-13H,7-8,11H2,1H3/q+1. The van der Waals surface area contributed by atoms with Gasteiger partial charge in [0.2, 0.25) is 6.33 Å². The maximum Gasteiger partial charge on any atom is 0.243 e. The number of nitrogens with zero attached hydrogens (tertiary/aromatic N) is 5. The third kappa shape index (κ3) is 3.12. The zero-order chi connectivity index (χ0) is 13.8. The first kappa shape index (κ1) is 12.6. The fourth-order valence-corrected chi connectivity index (χ4v) is 2.18. The minimum atomic E-state index is 0.770. The fourth-order valence-electron chi connectivity index (χ4n) is 2.18. The van der Waals surface area contributed by atoms with Crippen LogP contribution in [0.15, 0.2) is 55.2 Å². The molecule has 0 fully saturated rings. The summed E-state index contributed by atoms with van der Waals surface area (Å²) in [6.45, 7) is 1.69. The van der Waals surface area contributed by atoms with Crippen molar-refractivity contribution in [1.29, 1.82) is 0 Å². The van der Waals surface area contributed by atoms with E-state index in [0.29, 0.717) is 0 Å². The molecule has 0 aliphatic heterocycles. The van der Waals surface area contributed by atoms with Gasteiger partial charge in [-0.05, 0) is 5.56 Å². The van der Waals surface area contributed by atoms with Crippen molar-refractivity contribution in [3.8, 4) is 0 Å². The Morgan fingerprint density at radius 1 is 1.20 bits per heavy atom. The van der Waals surface area contributed by atoms with Crippen LogP contribution >= 0.6 is 0 Å². The van der Waals surface area contributed by atoms with Crippen molar-refractivity contribution < 1.29 is 4.57 Å². The second-order valence-electron chi connectivity index (χ2n) is 4.96. The van der Waals surface area contributed by atoms with Gasteiger partial charge in [0, 0.05) is 12.6 Å². The molecular formula is C15H18N5+. The molecule has 0 spiro atoms. The Morgan fingerprint density at radius 2 is 2.05 bits per heavy atom. The van der Waals surface area contributed by atoms with E-state index < -0.39 is 0 Å². The lowest BCUT2D eigenvalue weighted by atomic mass is 10.2. The summed E-state index contributed by atoms with van der Waals surface area (Å²) in [5, 5.41) is 8.41. The van der Waals surface area contributed by atoms with Gasteiger partial charge >= 0.3 is 0 Å². The largest absolute Gasteiger partial charge is 0.248 e. The minimum Gasteiger partial charge on any atom is -0.248 e. The average Bonchev–Trinajstić information content (AvgIpc) is 3.07. The second-order valence-corrected chi connectivity index (χ2v) is 4.96. The number of hydrogen-bond donors (Lipinski definition) is 0. The highest BCUT2D eigenvalue weighted by atomic mass is 15.4. The van der Waals surface area contributed by atoms with E-state index in [2.05, 4.69) is 39.5 Å². The molecule has 0 aliphatic carbocycles. The predicted molar refractivity (Wildman–Crippen MR) is 74.9 cm³/mol. The summed E-state index contributed by atoms with van der Waals surface area (Å²) in [4.78, 5) is 0. The topological polar surface area (TPSA) is 39.5 Å². The SMILES string of the molecule is C[n+]1ccn(CCc2cn(Cc3ccccc3)nn2)c1. The number of rotatable bonds is 5. The summed E-state index contributed by atoms with van der Waals surface area (Å²) in [5.74, 6) is 0. The van der Waals surface area contributed by atoms with E-state index >= 15 is 0 Å². The maximum absolute atomic E-state index is 4.23. The van der Waals surface area contributed by atoms with Gasteiger partial charge in [0.15, 0.2) is 0 Å². The van der Waals surface area contributed by atoms with Crippen molar-refractivity contribution in [2.45, 2.75) is 19.5 Å². The molecule has 0 aliphatic rings. The van der Waals surface area contributed by atoms with Crippen LogP contribution in [0.2, 0.25) is 0 Å². The summed E-state index contributed by atoms with van der Waals surface area (Å²) in [6, 6.07) is 10.3. The van der Waals surface area contributed by atoms with E-state index in [0.717, 1.165) is 25.2 Å². The zero-order valence-corrected chi connectivity index (χ0v) is 11.6. The average molecular weight is 268 g/mol. The molecule has 0 N–H and O–H groups in total. The number of benzene rings is 1. The molecule has 0 bridgehead atoms. The van der Waals surface area contributed by atoms with E-state index in [1.54, 1.807) is 0 Å². The van der Waals surface area contributed by atoms with Crippen LogP contribution in [-0.4, -0.2) is 19.6 Å². The van der Waals surface area contributed by atoms with Crippen molar-refractivity contribution in [3.05, 3.63) is 66.5 Å². The van der Waals surface area contributed by atoms with Crippen molar-refractivity contribution in [1.82, 2.24) is 19.6 Å². The monoisotopic (exact) mass is 268 g/mol. The van der Waals surface area contributed by atoms with Crippen LogP contribution in [0, 0.1) is 0 Å². The molecule has 1 aromatic carbocycles. The van der Waals surface area contributed by atoms with E-state index in [9.17, 15) is 0 Å². The molecular weight excluding hydrogens is 250 g/mol. The minimum absolute atomic E-state index is 0.770. The lowest BCUT2D eigenvalue weighted by molar-refractivity contribution is -0.671. The molecule has 3 rings (SSSR count). The van der Waals surface area contributed by atoms with Gasteiger partial charge in [0.05, 0.1) is 25.8 Å². The molecule has 0 unspecified atom stereocenters. The number of imidazole rings is 1. The maximum atomic E-state index is 4.23. The molecule has 2 aromatic heterocycles. The van der Waals surface area contributed by atoms with Gasteiger partial charge in [0.25, 0.3) is 0 Å². The van der Waals surface area contributed by atoms with E-state index in [1.165, 1.54) is 5.56 Å². The summed E-state index contributed by atoms with van der Waals surface area (Å²) in [6.07, 6.45) is 9.08. The molecule has 3 aromatic rings. The quantitative estimate of drug-likeness (QED) is 0.652. The lowest BCUT2D eigenvalue weighted by Crippen LogP contribution is -2.23. The highest BCUT2D eigenvalue weighted by Crippen LogP contribution is 2.03. The Labute approximate surface area is 118 Å². The van der Waals surface area contributed by atoms with Gasteiger partial charge in [-0.1, -0.05) is 35.5 Å². The Bertz CT molecular complexity index is 668. The van der Waals surface area contributed by atoms with Crippen LogP contribution in [0.5, 0.6) is 0 Å². The Kier molecular flexibility index (Phi) is 3.58. The van der Waals surface area contributed by atoms with Crippen LogP contribution in [0.25, 0.3) is 0 Å². The summed E-state index contributed by atoms with van der Waals surface area (Å²) < 4.78 is 6.07. The first-order chi connectivity index (χ1) is 9.79. The number of aromatic nitrogens is 5. The second kappa shape index (κ2) is 5.69. The normalized spacial score (nSPS) is 10.8. The number of hydrogen-bond acceptors (Lipinski definition) is 2. The van der Waals surface area contributed by atoms with Crippen LogP contribution in [0.4, 0.5) is 0 Å². The Morgan fingerprint density at radius 3 is 2.80 bits per heavy atom. The van der Waals surface area contributed by atoms with Gasteiger partial charge in [-0.2, -0.15) is 0 Å². The van der Waals surface area contributed by atoms with Crippen LogP contribution in [0.3, 0.4) is 0 Å². The van der Waals surface area contributed by atoms with Crippen LogP contribution < -0.4 is 4.57 Å². The van der Waals surface area contributed by atoms with Crippen molar-refractivity contribution in [2.24, 2.45) is 7.05 Å². The first-order valence-electron chi connectivity index (χ1n) is 6.73. The zero-order valence-electron chi connectivity index (χ0n) is 11.6. The Hall–Kier alpha value is -2.43. The highest BCUT2D eigenvalue weighted by molar-refractivity contribution is 5.14. The van der Waals surface area contributed by atoms with E-state index in [4.69, 9.17) is 0 Å². The van der Waals surface area contributed by atoms with Crippen molar-refractivity contribution in [2.75, 3.05) is 0 Å². The van der Waals surface area contributed by atoms with Crippen molar-refractivity contribution >= 4 is 0 Å². The predicted octanol–water partition coefficient (Wildman–Crippen LogP) is 1.20. The molecule has 0 saturated heterocycles. The summed E-state index contributed by atoms with van der Waals surface area (Å²) in [7, 11) is 2.02. The van der Waals surface area contributed by atoms with Gasteiger partial charge in [-0.25, -0.2) is 13.8 Å². The third-order valence-electron chi connectivity index (χ3n) is 3.22. The smallest absolute Gasteiger partial charge is 0.243 e. The number of aryl methyl sites for hydroxylation is 3. The van der Waals surface area contributed by atoms with Gasteiger partial charge in [-0.15, -0.1) is 5.10 Å². The lowest BCUT2D eigenvalue weighted by Gasteiger charge is -1.99. The van der Waals surface area contributed by atoms with E-state index in [-0.39, 0.29) is 0 Å². The summed E-state index contributed by atoms with van der Waals surface area (Å²) >= 11 is 0. The molecule has 20 heavy (non-hydrogen) atoms. The molecule has 0 radical (unpaired) electrons. The molecule has 0 saturated carbocycles. The van der Waals surface area contributed by atoms with Gasteiger partial charge in [0.1, 0.15) is 12.4 Å². The molecule has 0 amide bonds. The molecule has 5 nitrogen and oxygen atoms in total. The molecule has 2 heterocycles. The van der Waals surface area contributed by atoms with E-state index in [1.807, 2.05) is 46.9 Å². The molecule has 102 valence electrons. The van der Waals surface area contributed by atoms with Gasteiger partial charge in [-0.3, -0.25) is 0 Å². The van der Waals surface area contributed by atoms with Crippen LogP contribution in [-0.2, 0) is 26.6 Å². The van der Waals surface area contributed by atoms with Crippen LogP contribution in [0.1, 0.15) is 11.3 Å². The highest BCUT2D eigenvalue weighted by Gasteiger charge is 2.05. The van der Waals surface area contributed by atoms with Crippen molar-refractivity contribution in [3.63, 3.8) is 0 Å². The summed E-state index contributed by atoms with van der Waals surface area (Å²) in [5.41, 5.74) is 2.26. The fraction of sp³-hybridized carbons (Fsp3) is 0.267. The first-order valence-corrected chi connectivity index (χ1v) is 6.73.